The maximum absolute atomic E-state index is 4.65. The first-order valence-corrected chi connectivity index (χ1v) is 6.72. The van der Waals surface area contributed by atoms with Gasteiger partial charge in [0.2, 0.25) is 0 Å². The number of hydrogen-bond acceptors (Lipinski definition) is 5. The van der Waals surface area contributed by atoms with E-state index in [1.54, 1.807) is 0 Å². The standard InChI is InChI=1S/C13H23N5/c1-4-11-15-12(14-2)10-13(16-11)18-7-5-6-17(3)8-9-18/h10H,4-9H2,1-3H3,(H,14,15,16). The van der Waals surface area contributed by atoms with Crippen molar-refractivity contribution < 1.29 is 0 Å². The Morgan fingerprint density at radius 2 is 2.06 bits per heavy atom. The smallest absolute Gasteiger partial charge is 0.134 e. The molecule has 0 atom stereocenters. The second-order valence-electron chi connectivity index (χ2n) is 4.78. The van der Waals surface area contributed by atoms with Crippen LogP contribution in [0.25, 0.3) is 0 Å². The van der Waals surface area contributed by atoms with Gasteiger partial charge in [0.1, 0.15) is 17.5 Å². The van der Waals surface area contributed by atoms with Gasteiger partial charge in [0.05, 0.1) is 0 Å². The number of aryl methyl sites for hydroxylation is 1. The number of rotatable bonds is 3. The predicted octanol–water partition coefficient (Wildman–Crippen LogP) is 1.22. The molecule has 1 aliphatic rings. The predicted molar refractivity (Wildman–Crippen MR) is 75.3 cm³/mol. The van der Waals surface area contributed by atoms with Crippen LogP contribution in [-0.2, 0) is 6.42 Å². The summed E-state index contributed by atoms with van der Waals surface area (Å²) in [4.78, 5) is 13.8. The van der Waals surface area contributed by atoms with Crippen molar-refractivity contribution in [2.45, 2.75) is 19.8 Å². The van der Waals surface area contributed by atoms with Crippen molar-refractivity contribution in [3.8, 4) is 0 Å². The topological polar surface area (TPSA) is 44.3 Å². The van der Waals surface area contributed by atoms with Crippen LogP contribution < -0.4 is 10.2 Å². The van der Waals surface area contributed by atoms with Gasteiger partial charge >= 0.3 is 0 Å². The van der Waals surface area contributed by atoms with Gasteiger partial charge in [-0.1, -0.05) is 6.92 Å². The third-order valence-electron chi connectivity index (χ3n) is 3.37. The van der Waals surface area contributed by atoms with Crippen LogP contribution in [0.1, 0.15) is 19.2 Å². The van der Waals surface area contributed by atoms with E-state index in [1.807, 2.05) is 13.1 Å². The Bertz CT molecular complexity index is 371. The van der Waals surface area contributed by atoms with E-state index in [1.165, 1.54) is 13.0 Å². The van der Waals surface area contributed by atoms with Crippen LogP contribution in [0.4, 0.5) is 11.6 Å². The summed E-state index contributed by atoms with van der Waals surface area (Å²) in [6, 6.07) is 2.05. The van der Waals surface area contributed by atoms with Crippen LogP contribution in [0, 0.1) is 0 Å². The zero-order chi connectivity index (χ0) is 13.0. The molecular weight excluding hydrogens is 226 g/mol. The van der Waals surface area contributed by atoms with Crippen LogP contribution in [0.5, 0.6) is 0 Å². The van der Waals surface area contributed by atoms with Crippen LogP contribution in [-0.4, -0.2) is 55.1 Å². The van der Waals surface area contributed by atoms with Crippen LogP contribution in [0.3, 0.4) is 0 Å². The quantitative estimate of drug-likeness (QED) is 0.872. The molecule has 2 rings (SSSR count). The zero-order valence-electron chi connectivity index (χ0n) is 11.6. The average molecular weight is 249 g/mol. The first-order valence-electron chi connectivity index (χ1n) is 6.72. The minimum atomic E-state index is 0.871. The third kappa shape index (κ3) is 3.10. The summed E-state index contributed by atoms with van der Waals surface area (Å²) < 4.78 is 0. The van der Waals surface area contributed by atoms with Gasteiger partial charge in [-0.15, -0.1) is 0 Å². The lowest BCUT2D eigenvalue weighted by molar-refractivity contribution is 0.360. The van der Waals surface area contributed by atoms with Crippen molar-refractivity contribution in [1.29, 1.82) is 0 Å². The van der Waals surface area contributed by atoms with Crippen molar-refractivity contribution in [3.05, 3.63) is 11.9 Å². The van der Waals surface area contributed by atoms with Crippen molar-refractivity contribution in [3.63, 3.8) is 0 Å². The molecule has 0 aromatic carbocycles. The summed E-state index contributed by atoms with van der Waals surface area (Å²) in [7, 11) is 4.09. The van der Waals surface area contributed by atoms with E-state index < -0.39 is 0 Å². The van der Waals surface area contributed by atoms with E-state index in [2.05, 4.69) is 39.1 Å². The monoisotopic (exact) mass is 249 g/mol. The molecule has 1 aliphatic heterocycles. The van der Waals surface area contributed by atoms with Crippen molar-refractivity contribution in [2.75, 3.05) is 50.5 Å². The highest BCUT2D eigenvalue weighted by Gasteiger charge is 2.15. The molecule has 1 aromatic heterocycles. The normalized spacial score (nSPS) is 17.6. The van der Waals surface area contributed by atoms with Gasteiger partial charge in [0.15, 0.2) is 0 Å². The highest BCUT2D eigenvalue weighted by molar-refractivity contribution is 5.49. The first-order chi connectivity index (χ1) is 8.72. The molecule has 0 bridgehead atoms. The number of nitrogens with one attached hydrogen (secondary N) is 1. The molecule has 18 heavy (non-hydrogen) atoms. The number of nitrogens with zero attached hydrogens (tertiary/aromatic N) is 4. The highest BCUT2D eigenvalue weighted by Crippen LogP contribution is 2.17. The Balaban J connectivity index is 2.20. The molecule has 0 radical (unpaired) electrons. The molecule has 1 fully saturated rings. The van der Waals surface area contributed by atoms with Gasteiger partial charge in [0, 0.05) is 39.2 Å². The SMILES string of the molecule is CCc1nc(NC)cc(N2CCCN(C)CC2)n1. The zero-order valence-corrected chi connectivity index (χ0v) is 11.6. The summed E-state index contributed by atoms with van der Waals surface area (Å²) in [5.41, 5.74) is 0. The number of likely N-dealkylation sites (N-methyl/N-ethyl adjacent to an activating group) is 1. The molecule has 1 N–H and O–H groups in total. The molecule has 100 valence electrons. The molecule has 0 unspecified atom stereocenters. The lowest BCUT2D eigenvalue weighted by atomic mass is 10.3. The Morgan fingerprint density at radius 3 is 2.78 bits per heavy atom. The maximum atomic E-state index is 4.65. The fraction of sp³-hybridized carbons (Fsp3) is 0.692. The van der Waals surface area contributed by atoms with Gasteiger partial charge < -0.3 is 15.1 Å². The second-order valence-corrected chi connectivity index (χ2v) is 4.78. The van der Waals surface area contributed by atoms with Crippen LogP contribution >= 0.6 is 0 Å². The van der Waals surface area contributed by atoms with Crippen LogP contribution in [0.2, 0.25) is 0 Å². The molecular formula is C13H23N5. The Kier molecular flexibility index (Phi) is 4.36. The Hall–Kier alpha value is -1.36. The number of hydrogen-bond donors (Lipinski definition) is 1. The fourth-order valence-electron chi connectivity index (χ4n) is 2.21. The van der Waals surface area contributed by atoms with E-state index in [0.717, 1.165) is 43.5 Å². The number of aromatic nitrogens is 2. The molecule has 0 spiro atoms. The average Bonchev–Trinajstić information content (AvgIpc) is 2.63. The fourth-order valence-corrected chi connectivity index (χ4v) is 2.21. The summed E-state index contributed by atoms with van der Waals surface area (Å²) in [5, 5.41) is 3.12. The molecule has 1 aromatic rings. The molecule has 5 heteroatoms. The molecule has 2 heterocycles. The van der Waals surface area contributed by atoms with Gasteiger partial charge in [-0.05, 0) is 20.0 Å². The van der Waals surface area contributed by atoms with E-state index in [9.17, 15) is 0 Å². The van der Waals surface area contributed by atoms with Crippen LogP contribution in [0.15, 0.2) is 6.07 Å². The molecule has 0 saturated carbocycles. The molecule has 0 amide bonds. The van der Waals surface area contributed by atoms with E-state index >= 15 is 0 Å². The van der Waals surface area contributed by atoms with E-state index in [-0.39, 0.29) is 0 Å². The molecule has 0 aliphatic carbocycles. The minimum absolute atomic E-state index is 0.871. The highest BCUT2D eigenvalue weighted by atomic mass is 15.2. The lowest BCUT2D eigenvalue weighted by Gasteiger charge is -2.22. The third-order valence-corrected chi connectivity index (χ3v) is 3.37. The Labute approximate surface area is 109 Å². The van der Waals surface area contributed by atoms with Gasteiger partial charge in [0.25, 0.3) is 0 Å². The molecule has 5 nitrogen and oxygen atoms in total. The van der Waals surface area contributed by atoms with Gasteiger partial charge in [-0.2, -0.15) is 0 Å². The maximum Gasteiger partial charge on any atom is 0.134 e. The minimum Gasteiger partial charge on any atom is -0.373 e. The van der Waals surface area contributed by atoms with Gasteiger partial charge in [-0.3, -0.25) is 0 Å². The summed E-state index contributed by atoms with van der Waals surface area (Å²) in [6.45, 7) is 6.48. The van der Waals surface area contributed by atoms with Crippen molar-refractivity contribution >= 4 is 11.6 Å². The largest absolute Gasteiger partial charge is 0.373 e. The van der Waals surface area contributed by atoms with E-state index in [4.69, 9.17) is 0 Å². The number of anilines is 2. The first kappa shape index (κ1) is 13.1. The van der Waals surface area contributed by atoms with E-state index in [0.29, 0.717) is 0 Å². The Morgan fingerprint density at radius 1 is 1.22 bits per heavy atom. The van der Waals surface area contributed by atoms with Crippen molar-refractivity contribution in [2.24, 2.45) is 0 Å². The summed E-state index contributed by atoms with van der Waals surface area (Å²) >= 11 is 0. The van der Waals surface area contributed by atoms with Crippen molar-refractivity contribution in [1.82, 2.24) is 14.9 Å². The second kappa shape index (κ2) is 6.00. The summed E-state index contributed by atoms with van der Waals surface area (Å²) in [5.74, 6) is 2.88. The summed E-state index contributed by atoms with van der Waals surface area (Å²) in [6.07, 6.45) is 2.06. The molecule has 1 saturated heterocycles. The lowest BCUT2D eigenvalue weighted by Crippen LogP contribution is -2.29. The van der Waals surface area contributed by atoms with Gasteiger partial charge in [-0.25, -0.2) is 9.97 Å².